The summed E-state index contributed by atoms with van der Waals surface area (Å²) in [5.41, 5.74) is 4.09. The largest absolute Gasteiger partial charge is 0.393 e. The van der Waals surface area contributed by atoms with E-state index in [1.54, 1.807) is 0 Å². The number of hydrogen-bond acceptors (Lipinski definition) is 2. The molecule has 0 bridgehead atoms. The maximum absolute atomic E-state index is 9.88. The van der Waals surface area contributed by atoms with Crippen LogP contribution in [0, 0.1) is 12.3 Å². The molecule has 1 unspecified atom stereocenters. The van der Waals surface area contributed by atoms with Crippen molar-refractivity contribution in [3.63, 3.8) is 0 Å². The molecular formula is C16H25NO. The van der Waals surface area contributed by atoms with Crippen molar-refractivity contribution in [2.75, 3.05) is 18.0 Å². The third kappa shape index (κ3) is 2.69. The van der Waals surface area contributed by atoms with Crippen molar-refractivity contribution in [2.45, 2.75) is 46.6 Å². The van der Waals surface area contributed by atoms with E-state index in [1.165, 1.54) is 29.7 Å². The Morgan fingerprint density at radius 2 is 2.11 bits per heavy atom. The maximum atomic E-state index is 9.88. The number of anilines is 1. The average molecular weight is 247 g/mol. The van der Waals surface area contributed by atoms with Gasteiger partial charge in [-0.05, 0) is 38.3 Å². The number of aryl methyl sites for hydroxylation is 2. The van der Waals surface area contributed by atoms with Crippen molar-refractivity contribution in [2.24, 2.45) is 5.41 Å². The van der Waals surface area contributed by atoms with E-state index in [-0.39, 0.29) is 11.5 Å². The van der Waals surface area contributed by atoms with Crippen LogP contribution in [0.5, 0.6) is 0 Å². The first-order chi connectivity index (χ1) is 8.40. The molecule has 1 heterocycles. The molecule has 1 aliphatic rings. The van der Waals surface area contributed by atoms with Gasteiger partial charge < -0.3 is 10.0 Å². The Labute approximate surface area is 111 Å². The second-order valence-electron chi connectivity index (χ2n) is 6.32. The molecule has 0 radical (unpaired) electrons. The molecular weight excluding hydrogens is 222 g/mol. The van der Waals surface area contributed by atoms with E-state index in [1.807, 2.05) is 6.92 Å². The van der Waals surface area contributed by atoms with Crippen LogP contribution in [0.3, 0.4) is 0 Å². The molecule has 2 rings (SSSR count). The molecule has 1 N–H and O–H groups in total. The number of hydrogen-bond donors (Lipinski definition) is 1. The number of nitrogens with zero attached hydrogens (tertiary/aromatic N) is 1. The van der Waals surface area contributed by atoms with E-state index >= 15 is 0 Å². The summed E-state index contributed by atoms with van der Waals surface area (Å²) in [4.78, 5) is 2.44. The monoisotopic (exact) mass is 247 g/mol. The van der Waals surface area contributed by atoms with Gasteiger partial charge in [0, 0.05) is 24.2 Å². The van der Waals surface area contributed by atoms with E-state index in [4.69, 9.17) is 0 Å². The van der Waals surface area contributed by atoms with Crippen molar-refractivity contribution in [3.05, 3.63) is 29.3 Å². The van der Waals surface area contributed by atoms with Gasteiger partial charge in [-0.25, -0.2) is 0 Å². The summed E-state index contributed by atoms with van der Waals surface area (Å²) in [7, 11) is 0. The first-order valence-corrected chi connectivity index (χ1v) is 6.93. The van der Waals surface area contributed by atoms with Gasteiger partial charge in [-0.1, -0.05) is 31.5 Å². The lowest BCUT2D eigenvalue weighted by Crippen LogP contribution is -2.42. The van der Waals surface area contributed by atoms with Gasteiger partial charge in [0.25, 0.3) is 0 Å². The van der Waals surface area contributed by atoms with Crippen molar-refractivity contribution in [1.29, 1.82) is 0 Å². The molecule has 1 atom stereocenters. The predicted molar refractivity (Wildman–Crippen MR) is 77.2 cm³/mol. The minimum Gasteiger partial charge on any atom is -0.393 e. The number of aliphatic hydroxyl groups is 1. The smallest absolute Gasteiger partial charge is 0.0579 e. The van der Waals surface area contributed by atoms with E-state index in [0.29, 0.717) is 0 Å². The molecule has 1 aromatic carbocycles. The lowest BCUT2D eigenvalue weighted by atomic mass is 9.85. The third-order valence-corrected chi connectivity index (χ3v) is 4.18. The Bertz CT molecular complexity index is 423. The molecule has 1 aliphatic heterocycles. The van der Waals surface area contributed by atoms with Crippen LogP contribution in [0.4, 0.5) is 5.69 Å². The van der Waals surface area contributed by atoms with E-state index < -0.39 is 0 Å². The van der Waals surface area contributed by atoms with E-state index in [2.05, 4.69) is 43.9 Å². The van der Waals surface area contributed by atoms with Crippen LogP contribution < -0.4 is 4.90 Å². The summed E-state index contributed by atoms with van der Waals surface area (Å²) in [5, 5.41) is 9.88. The van der Waals surface area contributed by atoms with Crippen LogP contribution in [-0.2, 0) is 6.42 Å². The van der Waals surface area contributed by atoms with Crippen LogP contribution >= 0.6 is 0 Å². The molecule has 2 heteroatoms. The molecule has 0 saturated heterocycles. The normalized spacial score (nSPS) is 17.5. The van der Waals surface area contributed by atoms with Crippen molar-refractivity contribution < 1.29 is 5.11 Å². The molecule has 0 amide bonds. The van der Waals surface area contributed by atoms with Crippen LogP contribution in [-0.4, -0.2) is 24.3 Å². The molecule has 2 nitrogen and oxygen atoms in total. The first-order valence-electron chi connectivity index (χ1n) is 6.93. The first kappa shape index (κ1) is 13.4. The average Bonchev–Trinajstić information content (AvgIpc) is 2.28. The molecule has 18 heavy (non-hydrogen) atoms. The predicted octanol–water partition coefficient (Wildman–Crippen LogP) is 3.15. The lowest BCUT2D eigenvalue weighted by Gasteiger charge is -2.39. The van der Waals surface area contributed by atoms with E-state index in [0.717, 1.165) is 13.1 Å². The summed E-state index contributed by atoms with van der Waals surface area (Å²) in [6.45, 7) is 10.3. The summed E-state index contributed by atoms with van der Waals surface area (Å²) in [6, 6.07) is 6.73. The highest BCUT2D eigenvalue weighted by molar-refractivity contribution is 5.56. The zero-order valence-electron chi connectivity index (χ0n) is 12.0. The summed E-state index contributed by atoms with van der Waals surface area (Å²) in [5.74, 6) is 0. The third-order valence-electron chi connectivity index (χ3n) is 4.18. The fourth-order valence-electron chi connectivity index (χ4n) is 2.59. The van der Waals surface area contributed by atoms with Gasteiger partial charge in [-0.2, -0.15) is 0 Å². The van der Waals surface area contributed by atoms with Crippen molar-refractivity contribution in [3.8, 4) is 0 Å². The minimum absolute atomic E-state index is 0.0699. The maximum Gasteiger partial charge on any atom is 0.0579 e. The van der Waals surface area contributed by atoms with Gasteiger partial charge in [0.2, 0.25) is 0 Å². The topological polar surface area (TPSA) is 23.5 Å². The highest BCUT2D eigenvalue weighted by Gasteiger charge is 2.29. The second-order valence-corrected chi connectivity index (χ2v) is 6.32. The molecule has 0 aliphatic carbocycles. The van der Waals surface area contributed by atoms with Crippen LogP contribution in [0.15, 0.2) is 18.2 Å². The Morgan fingerprint density at radius 3 is 2.78 bits per heavy atom. The van der Waals surface area contributed by atoms with E-state index in [9.17, 15) is 5.11 Å². The van der Waals surface area contributed by atoms with Gasteiger partial charge in [-0.15, -0.1) is 0 Å². The second kappa shape index (κ2) is 4.93. The number of benzene rings is 1. The molecule has 0 fully saturated rings. The highest BCUT2D eigenvalue weighted by atomic mass is 16.3. The van der Waals surface area contributed by atoms with Crippen LogP contribution in [0.2, 0.25) is 0 Å². The molecule has 1 aromatic rings. The molecule has 100 valence electrons. The number of aliphatic hydroxyl groups excluding tert-OH is 1. The molecule has 0 aromatic heterocycles. The summed E-state index contributed by atoms with van der Waals surface area (Å²) < 4.78 is 0. The fraction of sp³-hybridized carbons (Fsp3) is 0.625. The Morgan fingerprint density at radius 1 is 1.39 bits per heavy atom. The highest BCUT2D eigenvalue weighted by Crippen LogP contribution is 2.32. The van der Waals surface area contributed by atoms with Crippen molar-refractivity contribution in [1.82, 2.24) is 0 Å². The zero-order valence-corrected chi connectivity index (χ0v) is 12.0. The standard InChI is InChI=1S/C16H25NO/c1-12-7-8-15-14(10-12)6-5-9-17(15)11-16(3,4)13(2)18/h7-8,10,13,18H,5-6,9,11H2,1-4H3. The van der Waals surface area contributed by atoms with Gasteiger partial charge in [0.15, 0.2) is 0 Å². The summed E-state index contributed by atoms with van der Waals surface area (Å²) >= 11 is 0. The fourth-order valence-corrected chi connectivity index (χ4v) is 2.59. The van der Waals surface area contributed by atoms with Gasteiger partial charge in [-0.3, -0.25) is 0 Å². The minimum atomic E-state index is -0.284. The zero-order chi connectivity index (χ0) is 13.3. The Hall–Kier alpha value is -1.02. The number of fused-ring (bicyclic) bond motifs is 1. The number of rotatable bonds is 3. The SMILES string of the molecule is Cc1ccc2c(c1)CCCN2CC(C)(C)C(C)O. The Balaban J connectivity index is 2.23. The van der Waals surface area contributed by atoms with Gasteiger partial charge in [0.05, 0.1) is 6.10 Å². The quantitative estimate of drug-likeness (QED) is 0.887. The lowest BCUT2D eigenvalue weighted by molar-refractivity contribution is 0.0707. The molecule has 0 saturated carbocycles. The molecule has 0 spiro atoms. The van der Waals surface area contributed by atoms with Crippen LogP contribution in [0.1, 0.15) is 38.3 Å². The van der Waals surface area contributed by atoms with Gasteiger partial charge in [0.1, 0.15) is 0 Å². The summed E-state index contributed by atoms with van der Waals surface area (Å²) in [6.07, 6.45) is 2.11. The van der Waals surface area contributed by atoms with Crippen LogP contribution in [0.25, 0.3) is 0 Å². The van der Waals surface area contributed by atoms with Gasteiger partial charge >= 0.3 is 0 Å². The Kier molecular flexibility index (Phi) is 3.67. The van der Waals surface area contributed by atoms with Crippen molar-refractivity contribution >= 4 is 5.69 Å².